The highest BCUT2D eigenvalue weighted by atomic mass is 32.2. The zero-order valence-corrected chi connectivity index (χ0v) is 9.36. The summed E-state index contributed by atoms with van der Waals surface area (Å²) < 4.78 is 0. The zero-order chi connectivity index (χ0) is 11.0. The van der Waals surface area contributed by atoms with E-state index in [1.165, 1.54) is 10.6 Å². The van der Waals surface area contributed by atoms with Crippen molar-refractivity contribution in [3.05, 3.63) is 0 Å². The van der Waals surface area contributed by atoms with Gasteiger partial charge in [-0.1, -0.05) is 19.0 Å². The normalized spacial score (nSPS) is 11.7. The Bertz CT molecular complexity index is 229. The molecule has 80 valence electrons. The third-order valence-electron chi connectivity index (χ3n) is 1.23. The van der Waals surface area contributed by atoms with Crippen LogP contribution in [0.1, 0.15) is 13.8 Å². The number of carbonyl (C=O) groups excluding carboxylic acids is 1. The van der Waals surface area contributed by atoms with Crippen molar-refractivity contribution in [2.75, 3.05) is 12.8 Å². The maximum Gasteiger partial charge on any atom is 0.252 e. The number of oxime groups is 1. The number of carbonyl (C=O) groups is 1. The van der Waals surface area contributed by atoms with Gasteiger partial charge in [0, 0.05) is 13.3 Å². The van der Waals surface area contributed by atoms with Crippen LogP contribution >= 0.6 is 11.8 Å². The van der Waals surface area contributed by atoms with Crippen molar-refractivity contribution in [3.8, 4) is 0 Å². The van der Waals surface area contributed by atoms with Gasteiger partial charge in [-0.05, 0) is 5.92 Å². The van der Waals surface area contributed by atoms with E-state index in [0.717, 1.165) is 11.8 Å². The Morgan fingerprint density at radius 2 is 2.29 bits per heavy atom. The van der Waals surface area contributed by atoms with Gasteiger partial charge in [0.05, 0.1) is 11.3 Å². The van der Waals surface area contributed by atoms with Gasteiger partial charge in [-0.3, -0.25) is 4.79 Å². The van der Waals surface area contributed by atoms with E-state index in [2.05, 4.69) is 10.3 Å². The predicted octanol–water partition coefficient (Wildman–Crippen LogP) is 1.24. The Hall–Kier alpha value is -1.04. The summed E-state index contributed by atoms with van der Waals surface area (Å²) in [5, 5.41) is 16.1. The van der Waals surface area contributed by atoms with Crippen LogP contribution in [-0.2, 0) is 4.79 Å². The van der Waals surface area contributed by atoms with E-state index in [4.69, 9.17) is 5.21 Å². The van der Waals surface area contributed by atoms with Crippen molar-refractivity contribution in [3.63, 3.8) is 0 Å². The molecule has 0 saturated heterocycles. The molecule has 0 atom stereocenters. The average Bonchev–Trinajstić information content (AvgIpc) is 2.14. The highest BCUT2D eigenvalue weighted by Crippen LogP contribution is 1.98. The van der Waals surface area contributed by atoms with Crippen LogP contribution in [-0.4, -0.2) is 40.7 Å². The van der Waals surface area contributed by atoms with Crippen molar-refractivity contribution in [2.24, 2.45) is 16.2 Å². The molecule has 0 fully saturated rings. The first-order chi connectivity index (χ1) is 6.57. The van der Waals surface area contributed by atoms with Gasteiger partial charge >= 0.3 is 0 Å². The lowest BCUT2D eigenvalue weighted by atomic mass is 10.3. The summed E-state index contributed by atoms with van der Waals surface area (Å²) in [6.07, 6.45) is 1.70. The molecule has 5 nitrogen and oxygen atoms in total. The summed E-state index contributed by atoms with van der Waals surface area (Å²) in [6, 6.07) is 0. The molecule has 0 aromatic rings. The topological polar surface area (TPSA) is 65.3 Å². The number of nitrogens with zero attached hydrogens (tertiary/aromatic N) is 3. The van der Waals surface area contributed by atoms with Gasteiger partial charge in [0.2, 0.25) is 0 Å². The number of hydrogen-bond acceptors (Lipinski definition) is 5. The SMILES string of the molecule is CC(C)/C=N/N(C)C(=O)CS/C=N\O. The summed E-state index contributed by atoms with van der Waals surface area (Å²) in [7, 11) is 1.60. The molecule has 1 amide bonds. The Morgan fingerprint density at radius 1 is 1.64 bits per heavy atom. The molecule has 6 heteroatoms. The van der Waals surface area contributed by atoms with E-state index >= 15 is 0 Å². The Morgan fingerprint density at radius 3 is 2.79 bits per heavy atom. The quantitative estimate of drug-likeness (QED) is 0.326. The van der Waals surface area contributed by atoms with Gasteiger partial charge < -0.3 is 5.21 Å². The third kappa shape index (κ3) is 6.47. The van der Waals surface area contributed by atoms with Crippen LogP contribution in [0.15, 0.2) is 10.3 Å². The fourth-order valence-electron chi connectivity index (χ4n) is 0.533. The molecule has 0 aliphatic carbocycles. The third-order valence-corrected chi connectivity index (χ3v) is 1.88. The smallest absolute Gasteiger partial charge is 0.252 e. The van der Waals surface area contributed by atoms with E-state index in [0.29, 0.717) is 5.92 Å². The first-order valence-corrected chi connectivity index (χ1v) is 5.21. The lowest BCUT2D eigenvalue weighted by Crippen LogP contribution is -2.23. The highest BCUT2D eigenvalue weighted by Gasteiger charge is 2.05. The number of amides is 1. The fraction of sp³-hybridized carbons (Fsp3) is 0.625. The molecule has 0 aliphatic rings. The molecular weight excluding hydrogens is 202 g/mol. The highest BCUT2D eigenvalue weighted by molar-refractivity contribution is 8.12. The van der Waals surface area contributed by atoms with Gasteiger partial charge in [0.1, 0.15) is 0 Å². The summed E-state index contributed by atoms with van der Waals surface area (Å²) in [5.41, 5.74) is 1.21. The van der Waals surface area contributed by atoms with Gasteiger partial charge in [0.25, 0.3) is 5.91 Å². The van der Waals surface area contributed by atoms with Crippen LogP contribution in [0.25, 0.3) is 0 Å². The van der Waals surface area contributed by atoms with E-state index in [1.54, 1.807) is 13.3 Å². The molecule has 1 N–H and O–H groups in total. The van der Waals surface area contributed by atoms with E-state index < -0.39 is 0 Å². The van der Waals surface area contributed by atoms with Crippen molar-refractivity contribution in [1.82, 2.24) is 5.01 Å². The largest absolute Gasteiger partial charge is 0.410 e. The minimum atomic E-state index is -0.133. The number of thioether (sulfide) groups is 1. The molecule has 0 saturated carbocycles. The van der Waals surface area contributed by atoms with E-state index in [9.17, 15) is 4.79 Å². The predicted molar refractivity (Wildman–Crippen MR) is 58.8 cm³/mol. The standard InChI is InChI=1S/C8H15N3O2S/c1-7(2)4-9-11(3)8(12)5-14-6-10-13/h4,6-7,13H,5H2,1-3H3/b9-4+,10-6-. The van der Waals surface area contributed by atoms with Crippen molar-refractivity contribution >= 4 is 29.4 Å². The van der Waals surface area contributed by atoms with Crippen molar-refractivity contribution < 1.29 is 10.0 Å². The minimum absolute atomic E-state index is 0.133. The second kappa shape index (κ2) is 7.37. The van der Waals surface area contributed by atoms with Crippen molar-refractivity contribution in [1.29, 1.82) is 0 Å². The zero-order valence-electron chi connectivity index (χ0n) is 8.54. The van der Waals surface area contributed by atoms with Crippen LogP contribution in [0.3, 0.4) is 0 Å². The summed E-state index contributed by atoms with van der Waals surface area (Å²) >= 11 is 1.12. The van der Waals surface area contributed by atoms with Gasteiger partial charge in [-0.15, -0.1) is 11.8 Å². The number of hydrogen-bond donors (Lipinski definition) is 1. The monoisotopic (exact) mass is 217 g/mol. The molecule has 0 heterocycles. The maximum absolute atomic E-state index is 11.3. The maximum atomic E-state index is 11.3. The second-order valence-corrected chi connectivity index (χ2v) is 3.79. The Kier molecular flexibility index (Phi) is 6.82. The van der Waals surface area contributed by atoms with E-state index in [-0.39, 0.29) is 11.7 Å². The molecule has 0 bridgehead atoms. The lowest BCUT2D eigenvalue weighted by molar-refractivity contribution is -0.127. The molecule has 0 aromatic carbocycles. The van der Waals surface area contributed by atoms with Crippen LogP contribution in [0.4, 0.5) is 0 Å². The fourth-order valence-corrected chi connectivity index (χ4v) is 1.00. The molecule has 0 rings (SSSR count). The van der Waals surface area contributed by atoms with Crippen molar-refractivity contribution in [2.45, 2.75) is 13.8 Å². The van der Waals surface area contributed by atoms with Gasteiger partial charge in [-0.25, -0.2) is 5.01 Å². The van der Waals surface area contributed by atoms with Crippen LogP contribution in [0, 0.1) is 5.92 Å². The summed E-state index contributed by atoms with van der Waals surface area (Å²) in [5.74, 6) is 0.402. The molecule has 14 heavy (non-hydrogen) atoms. The van der Waals surface area contributed by atoms with Crippen LogP contribution < -0.4 is 0 Å². The van der Waals surface area contributed by atoms with Gasteiger partial charge in [-0.2, -0.15) is 5.10 Å². The molecular formula is C8H15N3O2S. The molecule has 0 spiro atoms. The lowest BCUT2D eigenvalue weighted by Gasteiger charge is -2.09. The Balaban J connectivity index is 3.87. The minimum Gasteiger partial charge on any atom is -0.410 e. The first-order valence-electron chi connectivity index (χ1n) is 4.16. The molecule has 0 unspecified atom stereocenters. The Labute approximate surface area is 87.8 Å². The summed E-state index contributed by atoms with van der Waals surface area (Å²) in [4.78, 5) is 11.3. The first kappa shape index (κ1) is 13.0. The average molecular weight is 217 g/mol. The summed E-state index contributed by atoms with van der Waals surface area (Å²) in [6.45, 7) is 3.96. The van der Waals surface area contributed by atoms with Crippen LogP contribution in [0.5, 0.6) is 0 Å². The molecule has 0 aromatic heterocycles. The van der Waals surface area contributed by atoms with E-state index in [1.807, 2.05) is 13.8 Å². The second-order valence-electron chi connectivity index (χ2n) is 2.96. The molecule has 0 aliphatic heterocycles. The number of hydrazone groups is 1. The van der Waals surface area contributed by atoms with Gasteiger partial charge in [0.15, 0.2) is 0 Å². The van der Waals surface area contributed by atoms with Crippen LogP contribution in [0.2, 0.25) is 0 Å². The molecule has 0 radical (unpaired) electrons. The number of rotatable bonds is 5.